The summed E-state index contributed by atoms with van der Waals surface area (Å²) in [5.74, 6) is 0.476. The lowest BCUT2D eigenvalue weighted by Crippen LogP contribution is -2.43. The van der Waals surface area contributed by atoms with Gasteiger partial charge in [-0.05, 0) is 43.4 Å². The van der Waals surface area contributed by atoms with Crippen molar-refractivity contribution < 1.29 is 9.59 Å². The smallest absolute Gasteiger partial charge is 0.251 e. The standard InChI is InChI=1S/C19H29N3O2/c1-3-11-20-19(24)15-8-6-9-16(12-15)21-13-18(23)22-17-10-5-4-7-14(17)2/h6,8-9,12,14,17,21H,3-5,7,10-11,13H2,1-2H3,(H,20,24)(H,22,23). The predicted molar refractivity (Wildman–Crippen MR) is 97.1 cm³/mol. The number of carbonyl (C=O) groups is 2. The molecule has 0 radical (unpaired) electrons. The molecule has 1 aromatic rings. The van der Waals surface area contributed by atoms with Gasteiger partial charge in [0.1, 0.15) is 0 Å². The van der Waals surface area contributed by atoms with Gasteiger partial charge in [-0.2, -0.15) is 0 Å². The fourth-order valence-corrected chi connectivity index (χ4v) is 3.08. The third-order valence-electron chi connectivity index (χ3n) is 4.57. The molecule has 5 heteroatoms. The summed E-state index contributed by atoms with van der Waals surface area (Å²) in [6.07, 6.45) is 5.62. The maximum atomic E-state index is 12.1. The third-order valence-corrected chi connectivity index (χ3v) is 4.57. The Morgan fingerprint density at radius 2 is 2.00 bits per heavy atom. The van der Waals surface area contributed by atoms with Crippen molar-refractivity contribution in [2.24, 2.45) is 5.92 Å². The zero-order valence-electron chi connectivity index (χ0n) is 14.7. The quantitative estimate of drug-likeness (QED) is 0.719. The van der Waals surface area contributed by atoms with Crippen LogP contribution in [0.5, 0.6) is 0 Å². The van der Waals surface area contributed by atoms with E-state index in [9.17, 15) is 9.59 Å². The fourth-order valence-electron chi connectivity index (χ4n) is 3.08. The van der Waals surface area contributed by atoms with Crippen molar-refractivity contribution in [1.29, 1.82) is 0 Å². The van der Waals surface area contributed by atoms with Crippen LogP contribution in [0.1, 0.15) is 56.3 Å². The van der Waals surface area contributed by atoms with Gasteiger partial charge in [-0.15, -0.1) is 0 Å². The van der Waals surface area contributed by atoms with E-state index in [-0.39, 0.29) is 18.4 Å². The second-order valence-electron chi connectivity index (χ2n) is 6.63. The van der Waals surface area contributed by atoms with E-state index in [4.69, 9.17) is 0 Å². The number of nitrogens with one attached hydrogen (secondary N) is 3. The van der Waals surface area contributed by atoms with Crippen LogP contribution < -0.4 is 16.0 Å². The van der Waals surface area contributed by atoms with E-state index in [0.29, 0.717) is 24.1 Å². The summed E-state index contributed by atoms with van der Waals surface area (Å²) in [5, 5.41) is 9.09. The number of hydrogen-bond acceptors (Lipinski definition) is 3. The summed E-state index contributed by atoms with van der Waals surface area (Å²) in [7, 11) is 0. The van der Waals surface area contributed by atoms with Crippen LogP contribution in [0.3, 0.4) is 0 Å². The zero-order valence-corrected chi connectivity index (χ0v) is 14.7. The van der Waals surface area contributed by atoms with Gasteiger partial charge in [-0.1, -0.05) is 32.8 Å². The molecule has 3 N–H and O–H groups in total. The third kappa shape index (κ3) is 5.55. The van der Waals surface area contributed by atoms with Crippen molar-refractivity contribution in [3.63, 3.8) is 0 Å². The maximum absolute atomic E-state index is 12.1. The minimum Gasteiger partial charge on any atom is -0.376 e. The van der Waals surface area contributed by atoms with Gasteiger partial charge in [0, 0.05) is 23.8 Å². The molecule has 0 aromatic heterocycles. The van der Waals surface area contributed by atoms with Gasteiger partial charge < -0.3 is 16.0 Å². The Balaban J connectivity index is 1.83. The van der Waals surface area contributed by atoms with Crippen LogP contribution in [0.25, 0.3) is 0 Å². The lowest BCUT2D eigenvalue weighted by Gasteiger charge is -2.29. The first kappa shape index (κ1) is 18.3. The Hall–Kier alpha value is -2.04. The highest BCUT2D eigenvalue weighted by Crippen LogP contribution is 2.23. The molecule has 2 atom stereocenters. The van der Waals surface area contributed by atoms with Crippen molar-refractivity contribution in [2.45, 2.75) is 52.0 Å². The van der Waals surface area contributed by atoms with Gasteiger partial charge >= 0.3 is 0 Å². The zero-order chi connectivity index (χ0) is 17.4. The van der Waals surface area contributed by atoms with Gasteiger partial charge in [-0.25, -0.2) is 0 Å². The monoisotopic (exact) mass is 331 g/mol. The van der Waals surface area contributed by atoms with Gasteiger partial charge in [0.25, 0.3) is 5.91 Å². The highest BCUT2D eigenvalue weighted by atomic mass is 16.2. The topological polar surface area (TPSA) is 70.2 Å². The number of amides is 2. The van der Waals surface area contributed by atoms with Crippen LogP contribution >= 0.6 is 0 Å². The summed E-state index contributed by atoms with van der Waals surface area (Å²) in [6, 6.07) is 7.54. The summed E-state index contributed by atoms with van der Waals surface area (Å²) in [4.78, 5) is 24.1. The molecular weight excluding hydrogens is 302 g/mol. The van der Waals surface area contributed by atoms with Crippen LogP contribution in [0.2, 0.25) is 0 Å². The second-order valence-corrected chi connectivity index (χ2v) is 6.63. The lowest BCUT2D eigenvalue weighted by atomic mass is 9.86. The molecule has 0 aliphatic heterocycles. The molecule has 132 valence electrons. The number of hydrogen-bond donors (Lipinski definition) is 3. The lowest BCUT2D eigenvalue weighted by molar-refractivity contribution is -0.120. The predicted octanol–water partition coefficient (Wildman–Crippen LogP) is 2.93. The molecule has 1 fully saturated rings. The second kappa shape index (κ2) is 9.30. The van der Waals surface area contributed by atoms with E-state index in [1.165, 1.54) is 19.3 Å². The van der Waals surface area contributed by atoms with Crippen LogP contribution in [0.15, 0.2) is 24.3 Å². The minimum absolute atomic E-state index is 0.00888. The summed E-state index contributed by atoms with van der Waals surface area (Å²) in [6.45, 7) is 5.11. The first-order valence-corrected chi connectivity index (χ1v) is 9.01. The van der Waals surface area contributed by atoms with Crippen LogP contribution in [-0.4, -0.2) is 30.9 Å². The average molecular weight is 331 g/mol. The molecule has 24 heavy (non-hydrogen) atoms. The van der Waals surface area contributed by atoms with Gasteiger partial charge in [-0.3, -0.25) is 9.59 Å². The number of benzene rings is 1. The average Bonchev–Trinajstić information content (AvgIpc) is 2.60. The number of carbonyl (C=O) groups excluding carboxylic acids is 2. The molecule has 1 aromatic carbocycles. The molecule has 1 saturated carbocycles. The molecular formula is C19H29N3O2. The van der Waals surface area contributed by atoms with E-state index in [0.717, 1.165) is 18.5 Å². The SMILES string of the molecule is CCCNC(=O)c1cccc(NCC(=O)NC2CCCCC2C)c1. The van der Waals surface area contributed by atoms with E-state index in [2.05, 4.69) is 22.9 Å². The number of rotatable bonds is 7. The molecule has 2 unspecified atom stereocenters. The summed E-state index contributed by atoms with van der Waals surface area (Å²) >= 11 is 0. The molecule has 5 nitrogen and oxygen atoms in total. The highest BCUT2D eigenvalue weighted by molar-refractivity contribution is 5.95. The summed E-state index contributed by atoms with van der Waals surface area (Å²) in [5.41, 5.74) is 1.39. The largest absolute Gasteiger partial charge is 0.376 e. The normalized spacial score (nSPS) is 20.2. The molecule has 0 saturated heterocycles. The van der Waals surface area contributed by atoms with E-state index in [1.54, 1.807) is 12.1 Å². The fraction of sp³-hybridized carbons (Fsp3) is 0.579. The number of anilines is 1. The van der Waals surface area contributed by atoms with Crippen LogP contribution in [0, 0.1) is 5.92 Å². The first-order chi connectivity index (χ1) is 11.6. The Morgan fingerprint density at radius 1 is 1.21 bits per heavy atom. The van der Waals surface area contributed by atoms with Crippen LogP contribution in [-0.2, 0) is 4.79 Å². The van der Waals surface area contributed by atoms with Gasteiger partial charge in [0.2, 0.25) is 5.91 Å². The molecule has 2 amide bonds. The first-order valence-electron chi connectivity index (χ1n) is 9.01. The van der Waals surface area contributed by atoms with E-state index < -0.39 is 0 Å². The Kier molecular flexibility index (Phi) is 7.09. The van der Waals surface area contributed by atoms with Crippen molar-refractivity contribution in [3.8, 4) is 0 Å². The molecule has 0 spiro atoms. The summed E-state index contributed by atoms with van der Waals surface area (Å²) < 4.78 is 0. The highest BCUT2D eigenvalue weighted by Gasteiger charge is 2.22. The maximum Gasteiger partial charge on any atom is 0.251 e. The molecule has 0 bridgehead atoms. The molecule has 1 aliphatic carbocycles. The van der Waals surface area contributed by atoms with Crippen molar-refractivity contribution >= 4 is 17.5 Å². The van der Waals surface area contributed by atoms with Crippen LogP contribution in [0.4, 0.5) is 5.69 Å². The van der Waals surface area contributed by atoms with Gasteiger partial charge in [0.15, 0.2) is 0 Å². The molecule has 2 rings (SSSR count). The van der Waals surface area contributed by atoms with Crippen molar-refractivity contribution in [3.05, 3.63) is 29.8 Å². The van der Waals surface area contributed by atoms with E-state index in [1.807, 2.05) is 19.1 Å². The minimum atomic E-state index is -0.0824. The molecule has 0 heterocycles. The molecule has 1 aliphatic rings. The Morgan fingerprint density at radius 3 is 2.75 bits per heavy atom. The Labute approximate surface area is 144 Å². The van der Waals surface area contributed by atoms with Crippen molar-refractivity contribution in [1.82, 2.24) is 10.6 Å². The van der Waals surface area contributed by atoms with E-state index >= 15 is 0 Å². The Bertz CT molecular complexity index is 559. The van der Waals surface area contributed by atoms with Crippen molar-refractivity contribution in [2.75, 3.05) is 18.4 Å². The van der Waals surface area contributed by atoms with Gasteiger partial charge in [0.05, 0.1) is 6.54 Å².